The van der Waals surface area contributed by atoms with Gasteiger partial charge in [0, 0.05) is 39.1 Å². The molecular weight excluding hydrogens is 302 g/mol. The molecule has 2 saturated heterocycles. The van der Waals surface area contributed by atoms with E-state index in [1.54, 1.807) is 0 Å². The maximum Gasteiger partial charge on any atom is 0.227 e. The van der Waals surface area contributed by atoms with E-state index in [0.29, 0.717) is 19.5 Å². The lowest BCUT2D eigenvalue weighted by Crippen LogP contribution is -2.40. The van der Waals surface area contributed by atoms with E-state index in [0.717, 1.165) is 45.4 Å². The summed E-state index contributed by atoms with van der Waals surface area (Å²) in [5.74, 6) is 0.597. The fourth-order valence-corrected chi connectivity index (χ4v) is 3.56. The van der Waals surface area contributed by atoms with Crippen LogP contribution in [-0.4, -0.2) is 60.9 Å². The van der Waals surface area contributed by atoms with Crippen molar-refractivity contribution in [1.82, 2.24) is 15.1 Å². The molecular formula is C19H27N3O2. The maximum atomic E-state index is 12.5. The van der Waals surface area contributed by atoms with Crippen LogP contribution < -0.4 is 5.32 Å². The summed E-state index contributed by atoms with van der Waals surface area (Å²) < 4.78 is 0. The largest absolute Gasteiger partial charge is 0.341 e. The number of hydrogen-bond acceptors (Lipinski definition) is 3. The van der Waals surface area contributed by atoms with Gasteiger partial charge in [-0.15, -0.1) is 0 Å². The number of amides is 2. The van der Waals surface area contributed by atoms with Gasteiger partial charge in [-0.25, -0.2) is 0 Å². The van der Waals surface area contributed by atoms with Crippen molar-refractivity contribution >= 4 is 11.8 Å². The van der Waals surface area contributed by atoms with Crippen LogP contribution in [0.25, 0.3) is 0 Å². The van der Waals surface area contributed by atoms with Crippen LogP contribution in [0.15, 0.2) is 30.3 Å². The van der Waals surface area contributed by atoms with E-state index in [-0.39, 0.29) is 17.7 Å². The molecule has 0 spiro atoms. The van der Waals surface area contributed by atoms with Crippen LogP contribution in [0, 0.1) is 5.92 Å². The Balaban J connectivity index is 1.47. The Hall–Kier alpha value is -1.88. The number of carbonyl (C=O) groups is 2. The predicted octanol–water partition coefficient (Wildman–Crippen LogP) is 1.29. The van der Waals surface area contributed by atoms with Crippen LogP contribution >= 0.6 is 0 Å². The molecule has 0 radical (unpaired) electrons. The molecule has 1 aromatic carbocycles. The highest BCUT2D eigenvalue weighted by atomic mass is 16.2. The van der Waals surface area contributed by atoms with Crippen LogP contribution in [0.1, 0.15) is 24.8 Å². The second-order valence-corrected chi connectivity index (χ2v) is 6.73. The van der Waals surface area contributed by atoms with Crippen LogP contribution in [-0.2, 0) is 16.0 Å². The maximum absolute atomic E-state index is 12.5. The van der Waals surface area contributed by atoms with Crippen molar-refractivity contribution in [3.05, 3.63) is 35.9 Å². The van der Waals surface area contributed by atoms with E-state index in [4.69, 9.17) is 0 Å². The van der Waals surface area contributed by atoms with E-state index in [2.05, 4.69) is 17.4 Å². The number of nitrogens with zero attached hydrogens (tertiary/aromatic N) is 2. The van der Waals surface area contributed by atoms with Gasteiger partial charge in [0.1, 0.15) is 0 Å². The van der Waals surface area contributed by atoms with E-state index >= 15 is 0 Å². The number of benzene rings is 1. The van der Waals surface area contributed by atoms with Gasteiger partial charge in [0.2, 0.25) is 11.8 Å². The van der Waals surface area contributed by atoms with Gasteiger partial charge in [-0.2, -0.15) is 0 Å². The van der Waals surface area contributed by atoms with Crippen molar-refractivity contribution in [3.8, 4) is 0 Å². The zero-order chi connectivity index (χ0) is 16.8. The zero-order valence-corrected chi connectivity index (χ0v) is 14.2. The molecule has 1 atom stereocenters. The van der Waals surface area contributed by atoms with Crippen molar-refractivity contribution in [2.75, 3.05) is 39.3 Å². The summed E-state index contributed by atoms with van der Waals surface area (Å²) in [6, 6.07) is 10.1. The molecule has 5 nitrogen and oxygen atoms in total. The minimum absolute atomic E-state index is 0.130. The molecule has 130 valence electrons. The molecule has 0 bridgehead atoms. The van der Waals surface area contributed by atoms with E-state index < -0.39 is 0 Å². The summed E-state index contributed by atoms with van der Waals surface area (Å²) in [4.78, 5) is 28.9. The molecule has 1 N–H and O–H groups in total. The van der Waals surface area contributed by atoms with Gasteiger partial charge >= 0.3 is 0 Å². The van der Waals surface area contributed by atoms with Gasteiger partial charge in [0.05, 0.1) is 5.92 Å². The number of hydrogen-bond donors (Lipinski definition) is 1. The van der Waals surface area contributed by atoms with Gasteiger partial charge in [0.25, 0.3) is 0 Å². The van der Waals surface area contributed by atoms with Crippen molar-refractivity contribution < 1.29 is 9.59 Å². The van der Waals surface area contributed by atoms with Crippen molar-refractivity contribution in [1.29, 1.82) is 0 Å². The van der Waals surface area contributed by atoms with Crippen LogP contribution in [0.5, 0.6) is 0 Å². The first-order valence-electron chi connectivity index (χ1n) is 9.05. The second-order valence-electron chi connectivity index (χ2n) is 6.73. The number of rotatable bonds is 4. The molecule has 5 heteroatoms. The Labute approximate surface area is 144 Å². The Morgan fingerprint density at radius 3 is 2.54 bits per heavy atom. The summed E-state index contributed by atoms with van der Waals surface area (Å²) in [5.41, 5.74) is 1.20. The highest BCUT2D eigenvalue weighted by molar-refractivity contribution is 5.80. The van der Waals surface area contributed by atoms with Crippen molar-refractivity contribution in [2.45, 2.75) is 25.7 Å². The first-order chi connectivity index (χ1) is 11.7. The van der Waals surface area contributed by atoms with Crippen LogP contribution in [0.3, 0.4) is 0 Å². The molecule has 2 heterocycles. The van der Waals surface area contributed by atoms with Gasteiger partial charge in [-0.05, 0) is 31.4 Å². The summed E-state index contributed by atoms with van der Waals surface area (Å²) in [5, 5.41) is 3.26. The molecule has 1 unspecified atom stereocenters. The number of nitrogens with one attached hydrogen (secondary N) is 1. The third-order valence-corrected chi connectivity index (χ3v) is 5.04. The van der Waals surface area contributed by atoms with Gasteiger partial charge in [0.15, 0.2) is 0 Å². The molecule has 0 aliphatic carbocycles. The van der Waals surface area contributed by atoms with Gasteiger partial charge < -0.3 is 15.1 Å². The van der Waals surface area contributed by atoms with Crippen LogP contribution in [0.2, 0.25) is 0 Å². The molecule has 0 saturated carbocycles. The lowest BCUT2D eigenvalue weighted by atomic mass is 10.1. The third-order valence-electron chi connectivity index (χ3n) is 5.04. The summed E-state index contributed by atoms with van der Waals surface area (Å²) in [6.07, 6.45) is 3.15. The van der Waals surface area contributed by atoms with E-state index in [9.17, 15) is 9.59 Å². The quantitative estimate of drug-likeness (QED) is 0.906. The highest BCUT2D eigenvalue weighted by Crippen LogP contribution is 2.14. The number of aryl methyl sites for hydroxylation is 1. The van der Waals surface area contributed by atoms with Crippen molar-refractivity contribution in [2.24, 2.45) is 5.92 Å². The standard InChI is InChI=1S/C19H27N3O2/c23-18(8-7-16-5-2-1-3-6-16)21-11-4-12-22(14-13-21)19(24)17-9-10-20-15-17/h1-3,5-6,17,20H,4,7-15H2. The minimum atomic E-state index is 0.130. The monoisotopic (exact) mass is 329 g/mol. The highest BCUT2D eigenvalue weighted by Gasteiger charge is 2.29. The summed E-state index contributed by atoms with van der Waals surface area (Å²) >= 11 is 0. The molecule has 2 amide bonds. The molecule has 2 aliphatic heterocycles. The first kappa shape index (κ1) is 17.0. The molecule has 0 aromatic heterocycles. The Morgan fingerprint density at radius 2 is 1.79 bits per heavy atom. The summed E-state index contributed by atoms with van der Waals surface area (Å²) in [7, 11) is 0. The molecule has 1 aromatic rings. The normalized spacial score (nSPS) is 21.6. The van der Waals surface area contributed by atoms with E-state index in [1.165, 1.54) is 5.56 Å². The zero-order valence-electron chi connectivity index (χ0n) is 14.2. The lowest BCUT2D eigenvalue weighted by molar-refractivity contribution is -0.136. The molecule has 24 heavy (non-hydrogen) atoms. The Kier molecular flexibility index (Phi) is 5.86. The van der Waals surface area contributed by atoms with Gasteiger partial charge in [-0.3, -0.25) is 9.59 Å². The summed E-state index contributed by atoms with van der Waals surface area (Å²) in [6.45, 7) is 4.62. The fraction of sp³-hybridized carbons (Fsp3) is 0.579. The smallest absolute Gasteiger partial charge is 0.227 e. The number of carbonyl (C=O) groups excluding carboxylic acids is 2. The van der Waals surface area contributed by atoms with Crippen LogP contribution in [0.4, 0.5) is 0 Å². The Morgan fingerprint density at radius 1 is 1.04 bits per heavy atom. The fourth-order valence-electron chi connectivity index (χ4n) is 3.56. The SMILES string of the molecule is O=C(CCc1ccccc1)N1CCCN(C(=O)C2CCNC2)CC1. The average Bonchev–Trinajstić information content (AvgIpc) is 3.04. The van der Waals surface area contributed by atoms with E-state index in [1.807, 2.05) is 28.0 Å². The van der Waals surface area contributed by atoms with Gasteiger partial charge in [-0.1, -0.05) is 30.3 Å². The second kappa shape index (κ2) is 8.29. The van der Waals surface area contributed by atoms with Crippen molar-refractivity contribution in [3.63, 3.8) is 0 Å². The third kappa shape index (κ3) is 4.35. The first-order valence-corrected chi connectivity index (χ1v) is 9.05. The lowest BCUT2D eigenvalue weighted by Gasteiger charge is -2.24. The molecule has 3 rings (SSSR count). The molecule has 2 aliphatic rings. The minimum Gasteiger partial charge on any atom is -0.341 e. The molecule has 2 fully saturated rings. The predicted molar refractivity (Wildman–Crippen MR) is 93.5 cm³/mol. The topological polar surface area (TPSA) is 52.7 Å². The average molecular weight is 329 g/mol. The Bertz CT molecular complexity index is 555.